The number of nitriles is 4. The van der Waals surface area contributed by atoms with Crippen molar-refractivity contribution < 1.29 is 0 Å². The van der Waals surface area contributed by atoms with Crippen LogP contribution in [0, 0.1) is 68.0 Å². The lowest BCUT2D eigenvalue weighted by Gasteiger charge is -2.45. The number of allylic oxidation sites excluding steroid dienone is 4. The maximum atomic E-state index is 9.61. The highest BCUT2D eigenvalue weighted by Gasteiger charge is 2.63. The molecule has 0 saturated carbocycles. The molecule has 0 amide bonds. The zero-order chi connectivity index (χ0) is 15.0. The summed E-state index contributed by atoms with van der Waals surface area (Å²) in [6, 6.07) is 8.06. The van der Waals surface area contributed by atoms with Crippen molar-refractivity contribution in [3.63, 3.8) is 0 Å². The van der Waals surface area contributed by atoms with Crippen LogP contribution in [-0.4, -0.2) is 0 Å². The van der Waals surface area contributed by atoms with E-state index < -0.39 is 22.7 Å². The third-order valence-corrected chi connectivity index (χ3v) is 4.80. The van der Waals surface area contributed by atoms with Crippen LogP contribution in [-0.2, 0) is 0 Å². The fourth-order valence-electron chi connectivity index (χ4n) is 3.33. The Morgan fingerprint density at radius 2 is 1.10 bits per heavy atom. The summed E-state index contributed by atoms with van der Waals surface area (Å²) in [6.45, 7) is 3.98. The molecule has 0 spiro atoms. The summed E-state index contributed by atoms with van der Waals surface area (Å²) in [4.78, 5) is 0. The molecule has 98 valence electrons. The predicted octanol–water partition coefficient (Wildman–Crippen LogP) is 2.99. The van der Waals surface area contributed by atoms with Crippen molar-refractivity contribution in [3.8, 4) is 24.3 Å². The van der Waals surface area contributed by atoms with Crippen molar-refractivity contribution in [3.05, 3.63) is 23.3 Å². The Hall–Kier alpha value is -2.56. The van der Waals surface area contributed by atoms with Gasteiger partial charge < -0.3 is 0 Å². The molecule has 3 aliphatic carbocycles. The highest BCUT2D eigenvalue weighted by atomic mass is 14.6. The first kappa shape index (κ1) is 13.9. The molecule has 0 saturated heterocycles. The van der Waals surface area contributed by atoms with Gasteiger partial charge in [0.15, 0.2) is 10.8 Å². The molecule has 4 nitrogen and oxygen atoms in total. The first-order chi connectivity index (χ1) is 9.51. The molecule has 4 heteroatoms. The van der Waals surface area contributed by atoms with E-state index in [1.165, 1.54) is 0 Å². The maximum absolute atomic E-state index is 9.61. The monoisotopic (exact) mass is 262 g/mol. The lowest BCUT2D eigenvalue weighted by molar-refractivity contribution is 0.147. The molecule has 20 heavy (non-hydrogen) atoms. The fraction of sp³-hybridized carbons (Fsp3) is 0.500. The lowest BCUT2D eigenvalue weighted by Crippen LogP contribution is -2.51. The van der Waals surface area contributed by atoms with Gasteiger partial charge >= 0.3 is 0 Å². The molecule has 3 aliphatic rings. The first-order valence-electron chi connectivity index (χ1n) is 6.50. The van der Waals surface area contributed by atoms with Crippen LogP contribution in [0.1, 0.15) is 26.7 Å². The summed E-state index contributed by atoms with van der Waals surface area (Å²) in [5.41, 5.74) is -0.914. The predicted molar refractivity (Wildman–Crippen MR) is 71.0 cm³/mol. The molecule has 0 heterocycles. The van der Waals surface area contributed by atoms with Crippen LogP contribution in [0.3, 0.4) is 0 Å². The number of fused-ring (bicyclic) bond motifs is 3. The van der Waals surface area contributed by atoms with E-state index in [4.69, 9.17) is 0 Å². The fourth-order valence-corrected chi connectivity index (χ4v) is 3.33. The van der Waals surface area contributed by atoms with E-state index >= 15 is 0 Å². The molecule has 0 N–H and O–H groups in total. The van der Waals surface area contributed by atoms with Gasteiger partial charge in [-0.1, -0.05) is 23.3 Å². The van der Waals surface area contributed by atoms with Crippen molar-refractivity contribution in [2.24, 2.45) is 22.7 Å². The minimum absolute atomic E-state index is 0.414. The van der Waals surface area contributed by atoms with Crippen molar-refractivity contribution in [1.29, 1.82) is 21.0 Å². The van der Waals surface area contributed by atoms with Crippen LogP contribution in [0.2, 0.25) is 0 Å². The highest BCUT2D eigenvalue weighted by Crippen LogP contribution is 2.57. The van der Waals surface area contributed by atoms with Crippen molar-refractivity contribution in [1.82, 2.24) is 0 Å². The molecule has 2 atom stereocenters. The van der Waals surface area contributed by atoms with Gasteiger partial charge in [0.25, 0.3) is 0 Å². The molecule has 2 unspecified atom stereocenters. The minimum atomic E-state index is -1.60. The molecule has 0 fully saturated rings. The summed E-state index contributed by atoms with van der Waals surface area (Å²) in [5.74, 6) is -0.827. The number of nitrogens with zero attached hydrogens (tertiary/aromatic N) is 4. The van der Waals surface area contributed by atoms with Crippen LogP contribution in [0.4, 0.5) is 0 Å². The maximum Gasteiger partial charge on any atom is 0.182 e. The molecular formula is C16H14N4. The second-order valence-electron chi connectivity index (χ2n) is 5.63. The lowest BCUT2D eigenvalue weighted by atomic mass is 9.49. The molecule has 0 radical (unpaired) electrons. The first-order valence-corrected chi connectivity index (χ1v) is 6.50. The van der Waals surface area contributed by atoms with Gasteiger partial charge in [-0.05, 0) is 26.7 Å². The van der Waals surface area contributed by atoms with Gasteiger partial charge in [0.2, 0.25) is 0 Å². The van der Waals surface area contributed by atoms with E-state index in [1.807, 2.05) is 50.3 Å². The van der Waals surface area contributed by atoms with Gasteiger partial charge in [-0.3, -0.25) is 0 Å². The van der Waals surface area contributed by atoms with E-state index in [2.05, 4.69) is 0 Å². The summed E-state index contributed by atoms with van der Waals surface area (Å²) in [6.07, 6.45) is 4.78. The average molecular weight is 262 g/mol. The minimum Gasteiger partial charge on any atom is -0.196 e. The van der Waals surface area contributed by atoms with Gasteiger partial charge in [0, 0.05) is 11.8 Å². The summed E-state index contributed by atoms with van der Waals surface area (Å²) >= 11 is 0. The Labute approximate surface area is 118 Å². The van der Waals surface area contributed by atoms with Gasteiger partial charge in [0.05, 0.1) is 24.3 Å². The number of hydrogen-bond donors (Lipinski definition) is 0. The Morgan fingerprint density at radius 3 is 1.35 bits per heavy atom. The van der Waals surface area contributed by atoms with Crippen LogP contribution in [0.15, 0.2) is 23.3 Å². The molecule has 0 aliphatic heterocycles. The number of hydrogen-bond acceptors (Lipinski definition) is 4. The Balaban J connectivity index is 2.80. The molecular weight excluding hydrogens is 248 g/mol. The van der Waals surface area contributed by atoms with Gasteiger partial charge in [-0.2, -0.15) is 21.0 Å². The summed E-state index contributed by atoms with van der Waals surface area (Å²) < 4.78 is 0. The average Bonchev–Trinajstić information content (AvgIpc) is 2.46. The van der Waals surface area contributed by atoms with Crippen molar-refractivity contribution >= 4 is 0 Å². The normalized spacial score (nSPS) is 29.3. The van der Waals surface area contributed by atoms with Crippen molar-refractivity contribution in [2.45, 2.75) is 26.7 Å². The Bertz CT molecular complexity index is 583. The van der Waals surface area contributed by atoms with Gasteiger partial charge in [-0.25, -0.2) is 0 Å². The highest BCUT2D eigenvalue weighted by molar-refractivity contribution is 5.44. The van der Waals surface area contributed by atoms with E-state index in [9.17, 15) is 21.0 Å². The van der Waals surface area contributed by atoms with Crippen molar-refractivity contribution in [2.75, 3.05) is 0 Å². The molecule has 0 aromatic carbocycles. The topological polar surface area (TPSA) is 95.2 Å². The van der Waals surface area contributed by atoms with Crippen LogP contribution >= 0.6 is 0 Å². The second-order valence-corrected chi connectivity index (χ2v) is 5.63. The van der Waals surface area contributed by atoms with E-state index in [0.717, 1.165) is 11.1 Å². The van der Waals surface area contributed by atoms with Gasteiger partial charge in [-0.15, -0.1) is 0 Å². The third kappa shape index (κ3) is 1.43. The number of rotatable bonds is 0. The SMILES string of the molecule is CC1=C(C)CC2C=CC(C1)C(C#N)(C#N)C2(C#N)C#N. The molecule has 0 aromatic rings. The Kier molecular flexibility index (Phi) is 3.13. The molecule has 0 aromatic heterocycles. The summed E-state index contributed by atoms with van der Waals surface area (Å²) in [5, 5.41) is 38.4. The van der Waals surface area contributed by atoms with Crippen LogP contribution in [0.5, 0.6) is 0 Å². The standard InChI is InChI=1S/C16H14N4/c1-11-5-13-3-4-14(6-12(11)2)16(9-19,10-20)15(13,7-17)8-18/h3-4,13-14H,5-6H2,1-2H3. The van der Waals surface area contributed by atoms with E-state index in [-0.39, 0.29) is 0 Å². The molecule has 2 bridgehead atoms. The zero-order valence-corrected chi connectivity index (χ0v) is 11.5. The van der Waals surface area contributed by atoms with Crippen LogP contribution < -0.4 is 0 Å². The Morgan fingerprint density at radius 1 is 0.800 bits per heavy atom. The van der Waals surface area contributed by atoms with Gasteiger partial charge in [0.1, 0.15) is 0 Å². The van der Waals surface area contributed by atoms with E-state index in [0.29, 0.717) is 12.8 Å². The largest absolute Gasteiger partial charge is 0.196 e. The smallest absolute Gasteiger partial charge is 0.182 e. The van der Waals surface area contributed by atoms with E-state index in [1.54, 1.807) is 0 Å². The third-order valence-electron chi connectivity index (χ3n) is 4.80. The van der Waals surface area contributed by atoms with Crippen LogP contribution in [0.25, 0.3) is 0 Å². The zero-order valence-electron chi connectivity index (χ0n) is 11.5. The summed E-state index contributed by atoms with van der Waals surface area (Å²) in [7, 11) is 0. The molecule has 3 rings (SSSR count). The second kappa shape index (κ2) is 4.52. The quantitative estimate of drug-likeness (QED) is 0.627.